The lowest BCUT2D eigenvalue weighted by Gasteiger charge is -2.24. The molecule has 2 rings (SSSR count). The van der Waals surface area contributed by atoms with Gasteiger partial charge in [-0.3, -0.25) is 4.90 Å². The third-order valence-corrected chi connectivity index (χ3v) is 3.34. The molecule has 0 spiro atoms. The highest BCUT2D eigenvalue weighted by Gasteiger charge is 2.17. The van der Waals surface area contributed by atoms with Crippen LogP contribution in [0.1, 0.15) is 33.6 Å². The van der Waals surface area contributed by atoms with Crippen molar-refractivity contribution < 1.29 is 4.74 Å². The number of ether oxygens (including phenoxy) is 1. The maximum Gasteiger partial charge on any atom is 0.218 e. The molecule has 0 aliphatic carbocycles. The van der Waals surface area contributed by atoms with Gasteiger partial charge in [0.05, 0.1) is 6.10 Å². The Balaban J connectivity index is 1.84. The third-order valence-electron chi connectivity index (χ3n) is 3.34. The predicted molar refractivity (Wildman–Crippen MR) is 76.6 cm³/mol. The Labute approximate surface area is 115 Å². The summed E-state index contributed by atoms with van der Waals surface area (Å²) < 4.78 is 5.56. The van der Waals surface area contributed by atoms with E-state index in [-0.39, 0.29) is 6.10 Å². The maximum atomic E-state index is 5.56. The van der Waals surface area contributed by atoms with E-state index in [1.165, 1.54) is 25.9 Å². The Hall–Kier alpha value is -1.36. The minimum absolute atomic E-state index is 0.131. The van der Waals surface area contributed by atoms with Crippen molar-refractivity contribution in [2.24, 2.45) is 0 Å². The van der Waals surface area contributed by atoms with Crippen LogP contribution in [0.5, 0.6) is 5.88 Å². The number of likely N-dealkylation sites (tertiary alicyclic amines) is 1. The van der Waals surface area contributed by atoms with E-state index in [1.807, 2.05) is 19.9 Å². The number of aromatic nitrogens is 2. The monoisotopic (exact) mass is 264 g/mol. The van der Waals surface area contributed by atoms with E-state index < -0.39 is 0 Å². The topological polar surface area (TPSA) is 50.3 Å². The number of rotatable bonds is 6. The zero-order valence-corrected chi connectivity index (χ0v) is 12.1. The molecule has 0 saturated carbocycles. The summed E-state index contributed by atoms with van der Waals surface area (Å²) in [5, 5.41) is 3.36. The second-order valence-electron chi connectivity index (χ2n) is 5.38. The molecule has 0 amide bonds. The molecule has 1 aliphatic heterocycles. The van der Waals surface area contributed by atoms with Gasteiger partial charge in [-0.2, -0.15) is 0 Å². The number of anilines is 1. The van der Waals surface area contributed by atoms with Crippen molar-refractivity contribution in [3.63, 3.8) is 0 Å². The van der Waals surface area contributed by atoms with Crippen LogP contribution in [0, 0.1) is 0 Å². The van der Waals surface area contributed by atoms with Gasteiger partial charge in [0.15, 0.2) is 0 Å². The van der Waals surface area contributed by atoms with E-state index in [0.29, 0.717) is 11.9 Å². The second kappa shape index (κ2) is 6.70. The summed E-state index contributed by atoms with van der Waals surface area (Å²) in [5.41, 5.74) is 0. The summed E-state index contributed by atoms with van der Waals surface area (Å²) in [4.78, 5) is 10.8. The molecule has 1 aromatic rings. The highest BCUT2D eigenvalue weighted by molar-refractivity contribution is 5.37. The number of nitrogens with zero attached hydrogens (tertiary/aromatic N) is 3. The summed E-state index contributed by atoms with van der Waals surface area (Å²) in [5.74, 6) is 1.46. The lowest BCUT2D eigenvalue weighted by atomic mass is 10.3. The molecule has 1 unspecified atom stereocenters. The molecule has 5 heteroatoms. The molecule has 5 nitrogen and oxygen atoms in total. The lowest BCUT2D eigenvalue weighted by molar-refractivity contribution is 0.232. The summed E-state index contributed by atoms with van der Waals surface area (Å²) in [6.07, 6.45) is 4.32. The van der Waals surface area contributed by atoms with Crippen LogP contribution in [0.4, 0.5) is 5.82 Å². The average molecular weight is 264 g/mol. The molecule has 0 bridgehead atoms. The van der Waals surface area contributed by atoms with Gasteiger partial charge in [-0.25, -0.2) is 9.97 Å². The highest BCUT2D eigenvalue weighted by atomic mass is 16.5. The van der Waals surface area contributed by atoms with Crippen molar-refractivity contribution in [2.75, 3.05) is 25.0 Å². The third kappa shape index (κ3) is 4.35. The van der Waals surface area contributed by atoms with Crippen LogP contribution in [0.15, 0.2) is 12.4 Å². The van der Waals surface area contributed by atoms with Crippen molar-refractivity contribution in [1.82, 2.24) is 14.9 Å². The minimum atomic E-state index is 0.131. The summed E-state index contributed by atoms with van der Waals surface area (Å²) >= 11 is 0. The van der Waals surface area contributed by atoms with Crippen molar-refractivity contribution >= 4 is 5.82 Å². The Kier molecular flexibility index (Phi) is 4.96. The second-order valence-corrected chi connectivity index (χ2v) is 5.38. The Morgan fingerprint density at radius 2 is 2.00 bits per heavy atom. The van der Waals surface area contributed by atoms with Crippen molar-refractivity contribution in [3.05, 3.63) is 12.4 Å². The summed E-state index contributed by atoms with van der Waals surface area (Å²) in [6, 6.07) is 2.39. The lowest BCUT2D eigenvalue weighted by Crippen LogP contribution is -2.35. The SMILES string of the molecule is CC(C)Oc1cc(NCC(C)N2CCCC2)ncn1. The Morgan fingerprint density at radius 1 is 1.26 bits per heavy atom. The summed E-state index contributed by atoms with van der Waals surface area (Å²) in [7, 11) is 0. The van der Waals surface area contributed by atoms with E-state index in [0.717, 1.165) is 12.4 Å². The predicted octanol–water partition coefficient (Wildman–Crippen LogP) is 2.16. The van der Waals surface area contributed by atoms with Crippen LogP contribution in [0.3, 0.4) is 0 Å². The first kappa shape index (κ1) is 14.1. The van der Waals surface area contributed by atoms with Crippen molar-refractivity contribution in [2.45, 2.75) is 45.8 Å². The smallest absolute Gasteiger partial charge is 0.218 e. The molecule has 1 N–H and O–H groups in total. The van der Waals surface area contributed by atoms with Gasteiger partial charge in [-0.05, 0) is 46.7 Å². The Bertz CT molecular complexity index is 391. The van der Waals surface area contributed by atoms with Gasteiger partial charge in [-0.1, -0.05) is 0 Å². The molecule has 106 valence electrons. The molecular weight excluding hydrogens is 240 g/mol. The molecule has 19 heavy (non-hydrogen) atoms. The largest absolute Gasteiger partial charge is 0.475 e. The molecule has 1 fully saturated rings. The van der Waals surface area contributed by atoms with Crippen LogP contribution < -0.4 is 10.1 Å². The van der Waals surface area contributed by atoms with E-state index >= 15 is 0 Å². The molecule has 2 heterocycles. The quantitative estimate of drug-likeness (QED) is 0.853. The van der Waals surface area contributed by atoms with E-state index in [1.54, 1.807) is 6.33 Å². The van der Waals surface area contributed by atoms with E-state index in [4.69, 9.17) is 4.74 Å². The van der Waals surface area contributed by atoms with Crippen LogP contribution in [0.25, 0.3) is 0 Å². The molecular formula is C14H24N4O. The summed E-state index contributed by atoms with van der Waals surface area (Å²) in [6.45, 7) is 9.57. The maximum absolute atomic E-state index is 5.56. The molecule has 1 saturated heterocycles. The fraction of sp³-hybridized carbons (Fsp3) is 0.714. The van der Waals surface area contributed by atoms with Crippen LogP contribution in [0.2, 0.25) is 0 Å². The first-order valence-corrected chi connectivity index (χ1v) is 7.12. The molecule has 1 aliphatic rings. The van der Waals surface area contributed by atoms with Crippen LogP contribution >= 0.6 is 0 Å². The normalized spacial score (nSPS) is 17.7. The molecule has 0 radical (unpaired) electrons. The van der Waals surface area contributed by atoms with Gasteiger partial charge in [0, 0.05) is 18.7 Å². The van der Waals surface area contributed by atoms with Crippen LogP contribution in [-0.4, -0.2) is 46.6 Å². The first-order chi connectivity index (χ1) is 9.15. The van der Waals surface area contributed by atoms with Gasteiger partial charge >= 0.3 is 0 Å². The molecule has 1 atom stereocenters. The van der Waals surface area contributed by atoms with Crippen molar-refractivity contribution in [3.8, 4) is 5.88 Å². The number of nitrogens with one attached hydrogen (secondary N) is 1. The Morgan fingerprint density at radius 3 is 2.68 bits per heavy atom. The van der Waals surface area contributed by atoms with Gasteiger partial charge in [0.25, 0.3) is 0 Å². The fourth-order valence-corrected chi connectivity index (χ4v) is 2.31. The van der Waals surface area contributed by atoms with Gasteiger partial charge in [0.1, 0.15) is 12.1 Å². The van der Waals surface area contributed by atoms with E-state index in [2.05, 4.69) is 27.1 Å². The van der Waals surface area contributed by atoms with Crippen LogP contribution in [-0.2, 0) is 0 Å². The number of hydrogen-bond acceptors (Lipinski definition) is 5. The zero-order chi connectivity index (χ0) is 13.7. The standard InChI is InChI=1S/C14H24N4O/c1-11(2)19-14-8-13(16-10-17-14)15-9-12(3)18-6-4-5-7-18/h8,10-12H,4-7,9H2,1-3H3,(H,15,16,17). The van der Waals surface area contributed by atoms with Gasteiger partial charge < -0.3 is 10.1 Å². The first-order valence-electron chi connectivity index (χ1n) is 7.12. The minimum Gasteiger partial charge on any atom is -0.475 e. The average Bonchev–Trinajstić information content (AvgIpc) is 2.89. The fourth-order valence-electron chi connectivity index (χ4n) is 2.31. The highest BCUT2D eigenvalue weighted by Crippen LogP contribution is 2.14. The number of hydrogen-bond donors (Lipinski definition) is 1. The zero-order valence-electron chi connectivity index (χ0n) is 12.1. The van der Waals surface area contributed by atoms with Gasteiger partial charge in [0.2, 0.25) is 5.88 Å². The van der Waals surface area contributed by atoms with Gasteiger partial charge in [-0.15, -0.1) is 0 Å². The van der Waals surface area contributed by atoms with Crippen molar-refractivity contribution in [1.29, 1.82) is 0 Å². The molecule has 1 aromatic heterocycles. The molecule has 0 aromatic carbocycles. The van der Waals surface area contributed by atoms with E-state index in [9.17, 15) is 0 Å².